The fraction of sp³-hybridized carbons (Fsp3) is 0.429. The number of nitrogens with zero attached hydrogens (tertiary/aromatic N) is 1. The lowest BCUT2D eigenvalue weighted by Gasteiger charge is -2.00. The predicted molar refractivity (Wildman–Crippen MR) is 44.5 cm³/mol. The largest absolute Gasteiger partial charge is 0.322 e. The molecule has 1 aromatic heterocycles. The van der Waals surface area contributed by atoms with Crippen LogP contribution in [0.1, 0.15) is 11.8 Å². The van der Waals surface area contributed by atoms with E-state index >= 15 is 0 Å². The van der Waals surface area contributed by atoms with Crippen molar-refractivity contribution in [1.29, 1.82) is 0 Å². The van der Waals surface area contributed by atoms with Gasteiger partial charge >= 0.3 is 0 Å². The molecule has 0 bridgehead atoms. The molecule has 1 atom stereocenters. The number of hydrogen-bond donors (Lipinski definition) is 1. The second-order valence-corrected chi connectivity index (χ2v) is 3.37. The van der Waals surface area contributed by atoms with E-state index in [0.717, 1.165) is 4.88 Å². The molecule has 3 nitrogen and oxygen atoms in total. The highest BCUT2D eigenvalue weighted by Gasteiger charge is 2.08. The van der Waals surface area contributed by atoms with Crippen molar-refractivity contribution in [1.82, 2.24) is 4.98 Å². The number of ketones is 1. The summed E-state index contributed by atoms with van der Waals surface area (Å²) < 4.78 is 0. The van der Waals surface area contributed by atoms with E-state index in [1.165, 1.54) is 11.3 Å². The molecule has 1 rings (SSSR count). The number of rotatable bonds is 3. The summed E-state index contributed by atoms with van der Waals surface area (Å²) in [6, 6.07) is -0.364. The fourth-order valence-electron chi connectivity index (χ4n) is 0.662. The maximum atomic E-state index is 11.1. The molecule has 0 fully saturated rings. The van der Waals surface area contributed by atoms with Gasteiger partial charge in [-0.05, 0) is 6.92 Å². The van der Waals surface area contributed by atoms with Gasteiger partial charge in [0.25, 0.3) is 0 Å². The lowest BCUT2D eigenvalue weighted by molar-refractivity contribution is -0.119. The highest BCUT2D eigenvalue weighted by Crippen LogP contribution is 2.06. The molecule has 0 spiro atoms. The number of hydrogen-bond acceptors (Lipinski definition) is 4. The highest BCUT2D eigenvalue weighted by molar-refractivity contribution is 7.09. The van der Waals surface area contributed by atoms with E-state index in [4.69, 9.17) is 5.73 Å². The van der Waals surface area contributed by atoms with Crippen molar-refractivity contribution in [2.24, 2.45) is 5.73 Å². The summed E-state index contributed by atoms with van der Waals surface area (Å²) >= 11 is 1.48. The van der Waals surface area contributed by atoms with Crippen molar-refractivity contribution < 1.29 is 4.79 Å². The first-order valence-electron chi connectivity index (χ1n) is 3.36. The summed E-state index contributed by atoms with van der Waals surface area (Å²) in [5.41, 5.74) is 7.10. The average Bonchev–Trinajstić information content (AvgIpc) is 2.39. The monoisotopic (exact) mass is 170 g/mol. The van der Waals surface area contributed by atoms with E-state index in [1.807, 2.05) is 0 Å². The smallest absolute Gasteiger partial charge is 0.154 e. The third kappa shape index (κ3) is 2.40. The average molecular weight is 170 g/mol. The Balaban J connectivity index is 2.50. The van der Waals surface area contributed by atoms with Gasteiger partial charge in [0.05, 0.1) is 11.6 Å². The summed E-state index contributed by atoms with van der Waals surface area (Å²) in [7, 11) is 0. The van der Waals surface area contributed by atoms with Gasteiger partial charge in [-0.2, -0.15) is 0 Å². The van der Waals surface area contributed by atoms with Gasteiger partial charge in [-0.25, -0.2) is 0 Å². The number of carbonyl (C=O) groups is 1. The van der Waals surface area contributed by atoms with E-state index in [0.29, 0.717) is 6.42 Å². The van der Waals surface area contributed by atoms with Crippen LogP contribution in [-0.4, -0.2) is 16.8 Å². The topological polar surface area (TPSA) is 56.0 Å². The molecular weight excluding hydrogens is 160 g/mol. The molecule has 0 unspecified atom stereocenters. The van der Waals surface area contributed by atoms with E-state index < -0.39 is 0 Å². The molecule has 11 heavy (non-hydrogen) atoms. The fourth-order valence-corrected chi connectivity index (χ4v) is 1.27. The molecule has 0 saturated heterocycles. The Kier molecular flexibility index (Phi) is 2.73. The number of nitrogens with two attached hydrogens (primary N) is 1. The summed E-state index contributed by atoms with van der Waals surface area (Å²) in [6.45, 7) is 1.70. The molecule has 0 aliphatic carbocycles. The molecule has 0 saturated carbocycles. The molecule has 60 valence electrons. The Morgan fingerprint density at radius 3 is 3.09 bits per heavy atom. The van der Waals surface area contributed by atoms with Crippen LogP contribution in [0.2, 0.25) is 0 Å². The quantitative estimate of drug-likeness (QED) is 0.722. The van der Waals surface area contributed by atoms with Crippen molar-refractivity contribution in [3.05, 3.63) is 16.6 Å². The Labute approximate surface area is 69.3 Å². The van der Waals surface area contributed by atoms with Gasteiger partial charge in [0.15, 0.2) is 5.78 Å². The van der Waals surface area contributed by atoms with E-state index in [9.17, 15) is 4.79 Å². The minimum atomic E-state index is -0.364. The maximum Gasteiger partial charge on any atom is 0.154 e. The lowest BCUT2D eigenvalue weighted by Crippen LogP contribution is -2.27. The standard InChI is InChI=1S/C7H10N2OS/c1-5(8)7(10)2-6-3-9-4-11-6/h3-5H,2,8H2,1H3/t5-/m1/s1. The summed E-state index contributed by atoms with van der Waals surface area (Å²) in [5, 5.41) is 0. The van der Waals surface area contributed by atoms with Crippen molar-refractivity contribution in [3.8, 4) is 0 Å². The van der Waals surface area contributed by atoms with Crippen molar-refractivity contribution in [2.75, 3.05) is 0 Å². The second kappa shape index (κ2) is 3.59. The first kappa shape index (κ1) is 8.36. The summed E-state index contributed by atoms with van der Waals surface area (Å²) in [6.07, 6.45) is 2.12. The van der Waals surface area contributed by atoms with Gasteiger partial charge in [0.1, 0.15) is 0 Å². The Bertz CT molecular complexity index is 231. The van der Waals surface area contributed by atoms with Crippen LogP contribution in [0.15, 0.2) is 11.7 Å². The second-order valence-electron chi connectivity index (χ2n) is 2.40. The molecule has 4 heteroatoms. The Morgan fingerprint density at radius 1 is 1.91 bits per heavy atom. The van der Waals surface area contributed by atoms with Crippen molar-refractivity contribution in [3.63, 3.8) is 0 Å². The zero-order valence-electron chi connectivity index (χ0n) is 6.28. The van der Waals surface area contributed by atoms with Gasteiger partial charge < -0.3 is 5.73 Å². The van der Waals surface area contributed by atoms with Crippen LogP contribution in [0.5, 0.6) is 0 Å². The SMILES string of the molecule is C[C@@H](N)C(=O)Cc1cncs1. The molecule has 0 aromatic carbocycles. The molecule has 0 radical (unpaired) electrons. The van der Waals surface area contributed by atoms with Gasteiger partial charge in [-0.1, -0.05) is 0 Å². The number of carbonyl (C=O) groups excluding carboxylic acids is 1. The van der Waals surface area contributed by atoms with E-state index in [1.54, 1.807) is 18.6 Å². The minimum absolute atomic E-state index is 0.0641. The van der Waals surface area contributed by atoms with Crippen LogP contribution in [0.4, 0.5) is 0 Å². The number of Topliss-reactive ketones (excluding diaryl/α,β-unsaturated/α-hetero) is 1. The maximum absolute atomic E-state index is 11.1. The molecule has 2 N–H and O–H groups in total. The Hall–Kier alpha value is -0.740. The first-order valence-corrected chi connectivity index (χ1v) is 4.24. The molecule has 0 amide bonds. The zero-order chi connectivity index (χ0) is 8.27. The summed E-state index contributed by atoms with van der Waals surface area (Å²) in [5.74, 6) is 0.0641. The van der Waals surface area contributed by atoms with Gasteiger partial charge in [0, 0.05) is 17.5 Å². The molecule has 1 aromatic rings. The predicted octanol–water partition coefficient (Wildman–Crippen LogP) is 0.602. The normalized spacial score (nSPS) is 12.9. The molecular formula is C7H10N2OS. The van der Waals surface area contributed by atoms with Crippen LogP contribution in [0, 0.1) is 0 Å². The lowest BCUT2D eigenvalue weighted by atomic mass is 10.1. The van der Waals surface area contributed by atoms with E-state index in [-0.39, 0.29) is 11.8 Å². The van der Waals surface area contributed by atoms with Gasteiger partial charge in [-0.3, -0.25) is 9.78 Å². The summed E-state index contributed by atoms with van der Waals surface area (Å²) in [4.78, 5) is 15.9. The van der Waals surface area contributed by atoms with Crippen LogP contribution >= 0.6 is 11.3 Å². The van der Waals surface area contributed by atoms with E-state index in [2.05, 4.69) is 4.98 Å². The van der Waals surface area contributed by atoms with Gasteiger partial charge in [-0.15, -0.1) is 11.3 Å². The molecule has 0 aliphatic heterocycles. The van der Waals surface area contributed by atoms with Crippen LogP contribution in [0.3, 0.4) is 0 Å². The molecule has 1 heterocycles. The van der Waals surface area contributed by atoms with Crippen LogP contribution < -0.4 is 5.73 Å². The van der Waals surface area contributed by atoms with Crippen LogP contribution in [0.25, 0.3) is 0 Å². The van der Waals surface area contributed by atoms with Crippen molar-refractivity contribution in [2.45, 2.75) is 19.4 Å². The van der Waals surface area contributed by atoms with Crippen molar-refractivity contribution >= 4 is 17.1 Å². The van der Waals surface area contributed by atoms with Gasteiger partial charge in [0.2, 0.25) is 0 Å². The third-order valence-electron chi connectivity index (χ3n) is 1.34. The third-order valence-corrected chi connectivity index (χ3v) is 2.12. The minimum Gasteiger partial charge on any atom is -0.322 e. The number of aromatic nitrogens is 1. The number of thiazole rings is 1. The van der Waals surface area contributed by atoms with Crippen LogP contribution in [-0.2, 0) is 11.2 Å². The zero-order valence-corrected chi connectivity index (χ0v) is 7.10. The first-order chi connectivity index (χ1) is 5.20. The Morgan fingerprint density at radius 2 is 2.64 bits per heavy atom. The highest BCUT2D eigenvalue weighted by atomic mass is 32.1. The molecule has 0 aliphatic rings.